The van der Waals surface area contributed by atoms with Crippen LogP contribution in [0.3, 0.4) is 0 Å². The van der Waals surface area contributed by atoms with Crippen molar-refractivity contribution in [2.45, 2.75) is 52.5 Å². The van der Waals surface area contributed by atoms with Gasteiger partial charge < -0.3 is 24.6 Å². The Labute approximate surface area is 173 Å². The second-order valence-corrected chi connectivity index (χ2v) is 6.78. The van der Waals surface area contributed by atoms with Crippen LogP contribution in [0.5, 0.6) is 11.5 Å². The van der Waals surface area contributed by atoms with Crippen LogP contribution in [0.2, 0.25) is 0 Å². The number of methoxy groups -OCH3 is 2. The summed E-state index contributed by atoms with van der Waals surface area (Å²) < 4.78 is 16.2. The SMILES string of the molecule is CCNC(=NCc1cc(C(CC)CC)no1)NCCc1cc(OC)ccc1OC. The Morgan fingerprint density at radius 1 is 1.10 bits per heavy atom. The van der Waals surface area contributed by atoms with Gasteiger partial charge in [0.1, 0.15) is 18.0 Å². The predicted molar refractivity (Wildman–Crippen MR) is 116 cm³/mol. The molecule has 2 aromatic rings. The first-order valence-corrected chi connectivity index (χ1v) is 10.3. The number of hydrogen-bond donors (Lipinski definition) is 2. The second-order valence-electron chi connectivity index (χ2n) is 6.78. The largest absolute Gasteiger partial charge is 0.497 e. The number of nitrogens with one attached hydrogen (secondary N) is 2. The highest BCUT2D eigenvalue weighted by Gasteiger charge is 2.13. The van der Waals surface area contributed by atoms with Gasteiger partial charge in [-0.25, -0.2) is 4.99 Å². The van der Waals surface area contributed by atoms with Gasteiger partial charge >= 0.3 is 0 Å². The van der Waals surface area contributed by atoms with Gasteiger partial charge in [0.2, 0.25) is 0 Å². The quantitative estimate of drug-likeness (QED) is 0.438. The van der Waals surface area contributed by atoms with Crippen molar-refractivity contribution >= 4 is 5.96 Å². The molecular weight excluding hydrogens is 368 g/mol. The van der Waals surface area contributed by atoms with Crippen molar-refractivity contribution in [1.82, 2.24) is 15.8 Å². The number of nitrogens with zero attached hydrogens (tertiary/aromatic N) is 2. The Hall–Kier alpha value is -2.70. The molecule has 0 spiro atoms. The van der Waals surface area contributed by atoms with Crippen LogP contribution in [0.4, 0.5) is 0 Å². The maximum atomic E-state index is 5.46. The average molecular weight is 403 g/mol. The number of benzene rings is 1. The van der Waals surface area contributed by atoms with Crippen LogP contribution < -0.4 is 20.1 Å². The average Bonchev–Trinajstić information content (AvgIpc) is 3.21. The third-order valence-electron chi connectivity index (χ3n) is 4.89. The lowest BCUT2D eigenvalue weighted by Gasteiger charge is -2.13. The number of aromatic nitrogens is 1. The highest BCUT2D eigenvalue weighted by molar-refractivity contribution is 5.79. The third-order valence-corrected chi connectivity index (χ3v) is 4.89. The summed E-state index contributed by atoms with van der Waals surface area (Å²) in [6.45, 7) is 8.33. The molecule has 7 nitrogen and oxygen atoms in total. The summed E-state index contributed by atoms with van der Waals surface area (Å²) >= 11 is 0. The van der Waals surface area contributed by atoms with Crippen molar-refractivity contribution in [2.75, 3.05) is 27.3 Å². The van der Waals surface area contributed by atoms with Gasteiger partial charge in [-0.1, -0.05) is 19.0 Å². The van der Waals surface area contributed by atoms with Gasteiger partial charge in [-0.15, -0.1) is 0 Å². The maximum Gasteiger partial charge on any atom is 0.191 e. The van der Waals surface area contributed by atoms with Crippen molar-refractivity contribution in [3.8, 4) is 11.5 Å². The molecule has 2 N–H and O–H groups in total. The van der Waals surface area contributed by atoms with Crippen LogP contribution in [0.1, 0.15) is 56.5 Å². The van der Waals surface area contributed by atoms with Crippen LogP contribution in [-0.2, 0) is 13.0 Å². The standard InChI is InChI=1S/C22H34N4O3/c1-6-16(7-2)20-14-19(29-26-20)15-25-22(23-8-3)24-12-11-17-13-18(27-4)9-10-21(17)28-5/h9-10,13-14,16H,6-8,11-12,15H2,1-5H3,(H2,23,24,25). The molecule has 0 unspecified atom stereocenters. The lowest BCUT2D eigenvalue weighted by atomic mass is 9.99. The molecule has 0 radical (unpaired) electrons. The molecule has 0 saturated carbocycles. The van der Waals surface area contributed by atoms with E-state index in [1.807, 2.05) is 31.2 Å². The Balaban J connectivity index is 1.96. The summed E-state index contributed by atoms with van der Waals surface area (Å²) in [6, 6.07) is 7.84. The zero-order chi connectivity index (χ0) is 21.1. The first-order valence-electron chi connectivity index (χ1n) is 10.3. The van der Waals surface area contributed by atoms with E-state index in [-0.39, 0.29) is 0 Å². The summed E-state index contributed by atoms with van der Waals surface area (Å²) in [5, 5.41) is 10.8. The van der Waals surface area contributed by atoms with E-state index in [2.05, 4.69) is 34.6 Å². The first-order chi connectivity index (χ1) is 14.1. The summed E-state index contributed by atoms with van der Waals surface area (Å²) in [7, 11) is 3.34. The number of hydrogen-bond acceptors (Lipinski definition) is 5. The summed E-state index contributed by atoms with van der Waals surface area (Å²) in [5.41, 5.74) is 2.10. The lowest BCUT2D eigenvalue weighted by Crippen LogP contribution is -2.38. The third kappa shape index (κ3) is 6.69. The molecular formula is C22H34N4O3. The highest BCUT2D eigenvalue weighted by Crippen LogP contribution is 2.24. The Morgan fingerprint density at radius 2 is 1.90 bits per heavy atom. The minimum atomic E-state index is 0.445. The molecule has 7 heteroatoms. The molecule has 0 amide bonds. The van der Waals surface area contributed by atoms with Gasteiger partial charge in [-0.3, -0.25) is 0 Å². The maximum absolute atomic E-state index is 5.46. The molecule has 1 aromatic carbocycles. The van der Waals surface area contributed by atoms with Gasteiger partial charge in [0.05, 0.1) is 19.9 Å². The lowest BCUT2D eigenvalue weighted by molar-refractivity contribution is 0.372. The molecule has 29 heavy (non-hydrogen) atoms. The fourth-order valence-electron chi connectivity index (χ4n) is 3.19. The van der Waals surface area contributed by atoms with E-state index < -0.39 is 0 Å². The van der Waals surface area contributed by atoms with Crippen LogP contribution in [0.15, 0.2) is 33.8 Å². The molecule has 160 valence electrons. The van der Waals surface area contributed by atoms with Crippen LogP contribution in [-0.4, -0.2) is 38.4 Å². The van der Waals surface area contributed by atoms with E-state index in [0.29, 0.717) is 19.0 Å². The number of aliphatic imine (C=N–C) groups is 1. The van der Waals surface area contributed by atoms with Crippen molar-refractivity contribution in [1.29, 1.82) is 0 Å². The topological polar surface area (TPSA) is 80.9 Å². The molecule has 0 saturated heterocycles. The molecule has 0 aliphatic rings. The van der Waals surface area contributed by atoms with Crippen molar-refractivity contribution in [3.05, 3.63) is 41.3 Å². The van der Waals surface area contributed by atoms with Gasteiger partial charge in [0.15, 0.2) is 11.7 Å². The molecule has 1 aromatic heterocycles. The van der Waals surface area contributed by atoms with E-state index in [4.69, 9.17) is 14.0 Å². The second kappa shape index (κ2) is 12.0. The number of rotatable bonds is 11. The Bertz CT molecular complexity index is 769. The summed E-state index contributed by atoms with van der Waals surface area (Å²) in [4.78, 5) is 4.62. The predicted octanol–water partition coefficient (Wildman–Crippen LogP) is 3.89. The summed E-state index contributed by atoms with van der Waals surface area (Å²) in [5.74, 6) is 3.64. The zero-order valence-corrected chi connectivity index (χ0v) is 18.2. The van der Waals surface area contributed by atoms with E-state index >= 15 is 0 Å². The highest BCUT2D eigenvalue weighted by atomic mass is 16.5. The van der Waals surface area contributed by atoms with Gasteiger partial charge in [-0.2, -0.15) is 0 Å². The van der Waals surface area contributed by atoms with Crippen LogP contribution in [0, 0.1) is 0 Å². The minimum absolute atomic E-state index is 0.445. The summed E-state index contributed by atoms with van der Waals surface area (Å²) in [6.07, 6.45) is 2.90. The fraction of sp³-hybridized carbons (Fsp3) is 0.545. The fourth-order valence-corrected chi connectivity index (χ4v) is 3.19. The van der Waals surface area contributed by atoms with E-state index in [1.165, 1.54) is 0 Å². The first kappa shape index (κ1) is 22.6. The molecule has 0 aliphatic heterocycles. The molecule has 0 bridgehead atoms. The van der Waals surface area contributed by atoms with Gasteiger partial charge in [0.25, 0.3) is 0 Å². The van der Waals surface area contributed by atoms with Gasteiger partial charge in [-0.05, 0) is 49.9 Å². The molecule has 0 fully saturated rings. The smallest absolute Gasteiger partial charge is 0.191 e. The molecule has 2 rings (SSSR count). The van der Waals surface area contributed by atoms with Crippen molar-refractivity contribution < 1.29 is 14.0 Å². The molecule has 1 heterocycles. The van der Waals surface area contributed by atoms with Crippen molar-refractivity contribution in [3.63, 3.8) is 0 Å². The molecule has 0 aliphatic carbocycles. The van der Waals surface area contributed by atoms with Gasteiger partial charge in [0, 0.05) is 25.1 Å². The monoisotopic (exact) mass is 402 g/mol. The normalized spacial score (nSPS) is 11.6. The Kier molecular flexibility index (Phi) is 9.34. The van der Waals surface area contributed by atoms with Crippen LogP contribution in [0.25, 0.3) is 0 Å². The van der Waals surface area contributed by atoms with Crippen molar-refractivity contribution in [2.24, 2.45) is 4.99 Å². The Morgan fingerprint density at radius 3 is 2.55 bits per heavy atom. The number of ether oxygens (including phenoxy) is 2. The van der Waals surface area contributed by atoms with E-state index in [0.717, 1.165) is 60.3 Å². The zero-order valence-electron chi connectivity index (χ0n) is 18.2. The van der Waals surface area contributed by atoms with E-state index in [9.17, 15) is 0 Å². The minimum Gasteiger partial charge on any atom is -0.497 e. The van der Waals surface area contributed by atoms with E-state index in [1.54, 1.807) is 14.2 Å². The molecule has 0 atom stereocenters. The van der Waals surface area contributed by atoms with Crippen LogP contribution >= 0.6 is 0 Å². The number of guanidine groups is 1.